The van der Waals surface area contributed by atoms with Gasteiger partial charge in [0.25, 0.3) is 0 Å². The second kappa shape index (κ2) is 4.37. The van der Waals surface area contributed by atoms with Gasteiger partial charge in [0.05, 0.1) is 0 Å². The molecular weight excluding hydrogens is 216 g/mol. The van der Waals surface area contributed by atoms with Crippen LogP contribution in [-0.4, -0.2) is 36.2 Å². The summed E-state index contributed by atoms with van der Waals surface area (Å²) in [5.41, 5.74) is 1.12. The zero-order valence-electron chi connectivity index (χ0n) is 9.60. The fourth-order valence-electron chi connectivity index (χ4n) is 2.35. The highest BCUT2D eigenvalue weighted by Crippen LogP contribution is 2.21. The first-order valence-electron chi connectivity index (χ1n) is 6.03. The average molecular weight is 232 g/mol. The molecule has 0 aliphatic carbocycles. The van der Waals surface area contributed by atoms with Crippen LogP contribution in [0, 0.1) is 0 Å². The Kier molecular flexibility index (Phi) is 2.73. The molecular formula is C13H16N2O2. The van der Waals surface area contributed by atoms with Crippen molar-refractivity contribution in [2.45, 2.75) is 25.0 Å². The van der Waals surface area contributed by atoms with E-state index in [0.29, 0.717) is 12.2 Å². The molecule has 0 spiro atoms. The fourth-order valence-corrected chi connectivity index (χ4v) is 2.35. The molecule has 2 aliphatic rings. The lowest BCUT2D eigenvalue weighted by Gasteiger charge is -2.23. The molecule has 4 nitrogen and oxygen atoms in total. The Labute approximate surface area is 100 Å². The second-order valence-electron chi connectivity index (χ2n) is 4.58. The molecule has 1 saturated heterocycles. The third-order valence-electron chi connectivity index (χ3n) is 3.28. The van der Waals surface area contributed by atoms with Crippen LogP contribution < -0.4 is 5.32 Å². The van der Waals surface area contributed by atoms with Crippen LogP contribution in [0.5, 0.6) is 5.75 Å². The summed E-state index contributed by atoms with van der Waals surface area (Å²) in [5, 5.41) is 12.5. The first-order valence-corrected chi connectivity index (χ1v) is 6.03. The molecule has 2 heterocycles. The standard InChI is InChI=1S/C13H16N2O2/c16-10-3-1-9(2-4-10)7-13-15-11-8-14-6-5-12(11)17-13/h1-4,11-12,14,16H,5-8H2. The van der Waals surface area contributed by atoms with E-state index in [4.69, 9.17) is 4.74 Å². The molecule has 0 aromatic heterocycles. The minimum absolute atomic E-state index is 0.267. The van der Waals surface area contributed by atoms with Gasteiger partial charge in [0, 0.05) is 13.0 Å². The van der Waals surface area contributed by atoms with Crippen molar-refractivity contribution < 1.29 is 9.84 Å². The van der Waals surface area contributed by atoms with Gasteiger partial charge in [0.2, 0.25) is 0 Å². The number of rotatable bonds is 2. The molecule has 1 fully saturated rings. The highest BCUT2D eigenvalue weighted by molar-refractivity contribution is 5.80. The number of phenolic OH excluding ortho intramolecular Hbond substituents is 1. The fraction of sp³-hybridized carbons (Fsp3) is 0.462. The maximum Gasteiger partial charge on any atom is 0.188 e. The first kappa shape index (κ1) is 10.6. The van der Waals surface area contributed by atoms with Crippen LogP contribution in [0.1, 0.15) is 12.0 Å². The van der Waals surface area contributed by atoms with E-state index in [-0.39, 0.29) is 12.1 Å². The van der Waals surface area contributed by atoms with Gasteiger partial charge in [0.15, 0.2) is 5.90 Å². The number of aromatic hydroxyl groups is 1. The quantitative estimate of drug-likeness (QED) is 0.802. The van der Waals surface area contributed by atoms with Gasteiger partial charge in [-0.1, -0.05) is 12.1 Å². The van der Waals surface area contributed by atoms with E-state index in [0.717, 1.165) is 31.0 Å². The monoisotopic (exact) mass is 232 g/mol. The SMILES string of the molecule is Oc1ccc(CC2=NC3CNCCC3O2)cc1. The predicted octanol–water partition coefficient (Wildman–Crippen LogP) is 1.09. The van der Waals surface area contributed by atoms with Gasteiger partial charge in [-0.2, -0.15) is 0 Å². The number of ether oxygens (including phenoxy) is 1. The lowest BCUT2D eigenvalue weighted by atomic mass is 10.1. The van der Waals surface area contributed by atoms with Crippen molar-refractivity contribution >= 4 is 5.90 Å². The van der Waals surface area contributed by atoms with Crippen LogP contribution in [0.3, 0.4) is 0 Å². The van der Waals surface area contributed by atoms with E-state index in [1.807, 2.05) is 12.1 Å². The van der Waals surface area contributed by atoms with E-state index in [1.54, 1.807) is 12.1 Å². The Bertz CT molecular complexity index is 428. The van der Waals surface area contributed by atoms with Crippen molar-refractivity contribution in [3.05, 3.63) is 29.8 Å². The zero-order valence-corrected chi connectivity index (χ0v) is 9.60. The zero-order chi connectivity index (χ0) is 11.7. The number of aliphatic imine (C=N–C) groups is 1. The highest BCUT2D eigenvalue weighted by atomic mass is 16.5. The average Bonchev–Trinajstić information content (AvgIpc) is 2.74. The number of hydrogen-bond acceptors (Lipinski definition) is 4. The van der Waals surface area contributed by atoms with Crippen LogP contribution in [0.15, 0.2) is 29.3 Å². The Morgan fingerprint density at radius 1 is 1.35 bits per heavy atom. The van der Waals surface area contributed by atoms with Gasteiger partial charge < -0.3 is 15.2 Å². The predicted molar refractivity (Wildman–Crippen MR) is 65.4 cm³/mol. The number of nitrogens with zero attached hydrogens (tertiary/aromatic N) is 1. The summed E-state index contributed by atoms with van der Waals surface area (Å²) in [5.74, 6) is 1.12. The molecule has 3 rings (SSSR count). The van der Waals surface area contributed by atoms with Gasteiger partial charge >= 0.3 is 0 Å². The van der Waals surface area contributed by atoms with Gasteiger partial charge in [-0.25, -0.2) is 4.99 Å². The molecule has 0 bridgehead atoms. The summed E-state index contributed by atoms with van der Waals surface area (Å²) in [7, 11) is 0. The molecule has 0 radical (unpaired) electrons. The molecule has 2 N–H and O–H groups in total. The molecule has 2 aliphatic heterocycles. The van der Waals surface area contributed by atoms with E-state index in [2.05, 4.69) is 10.3 Å². The normalized spacial score (nSPS) is 27.2. The Morgan fingerprint density at radius 2 is 2.18 bits per heavy atom. The topological polar surface area (TPSA) is 53.9 Å². The summed E-state index contributed by atoms with van der Waals surface area (Å²) >= 11 is 0. The van der Waals surface area contributed by atoms with Crippen molar-refractivity contribution in [2.75, 3.05) is 13.1 Å². The molecule has 1 aromatic carbocycles. The lowest BCUT2D eigenvalue weighted by molar-refractivity contribution is 0.158. The van der Waals surface area contributed by atoms with Crippen LogP contribution in [0.2, 0.25) is 0 Å². The van der Waals surface area contributed by atoms with Gasteiger partial charge in [-0.15, -0.1) is 0 Å². The molecule has 4 heteroatoms. The Morgan fingerprint density at radius 3 is 2.94 bits per heavy atom. The maximum atomic E-state index is 9.22. The summed E-state index contributed by atoms with van der Waals surface area (Å²) < 4.78 is 5.85. The summed E-state index contributed by atoms with van der Waals surface area (Å²) in [6, 6.07) is 7.48. The van der Waals surface area contributed by atoms with Crippen LogP contribution in [-0.2, 0) is 11.2 Å². The Hall–Kier alpha value is -1.55. The smallest absolute Gasteiger partial charge is 0.188 e. The number of hydrogen-bond donors (Lipinski definition) is 2. The van der Waals surface area contributed by atoms with Crippen LogP contribution >= 0.6 is 0 Å². The minimum atomic E-state index is 0.267. The van der Waals surface area contributed by atoms with E-state index in [1.165, 1.54) is 0 Å². The first-order chi connectivity index (χ1) is 8.31. The summed E-state index contributed by atoms with van der Waals surface area (Å²) in [6.45, 7) is 1.94. The second-order valence-corrected chi connectivity index (χ2v) is 4.58. The van der Waals surface area contributed by atoms with Gasteiger partial charge in [0.1, 0.15) is 17.9 Å². The number of benzene rings is 1. The third-order valence-corrected chi connectivity index (χ3v) is 3.28. The third kappa shape index (κ3) is 2.26. The van der Waals surface area contributed by atoms with E-state index in [9.17, 15) is 5.11 Å². The Balaban J connectivity index is 1.68. The molecule has 0 saturated carbocycles. The largest absolute Gasteiger partial charge is 0.508 e. The van der Waals surface area contributed by atoms with Crippen LogP contribution in [0.25, 0.3) is 0 Å². The molecule has 2 unspecified atom stereocenters. The number of nitrogens with one attached hydrogen (secondary N) is 1. The molecule has 17 heavy (non-hydrogen) atoms. The molecule has 2 atom stereocenters. The summed E-state index contributed by atoms with van der Waals surface area (Å²) in [4.78, 5) is 4.60. The lowest BCUT2D eigenvalue weighted by Crippen LogP contribution is -2.41. The van der Waals surface area contributed by atoms with E-state index >= 15 is 0 Å². The highest BCUT2D eigenvalue weighted by Gasteiger charge is 2.32. The van der Waals surface area contributed by atoms with Crippen molar-refractivity contribution in [1.29, 1.82) is 0 Å². The number of fused-ring (bicyclic) bond motifs is 1. The van der Waals surface area contributed by atoms with E-state index < -0.39 is 0 Å². The number of phenols is 1. The molecule has 1 aromatic rings. The van der Waals surface area contributed by atoms with Crippen molar-refractivity contribution in [3.8, 4) is 5.75 Å². The minimum Gasteiger partial charge on any atom is -0.508 e. The molecule has 0 amide bonds. The summed E-state index contributed by atoms with van der Waals surface area (Å²) in [6.07, 6.45) is 2.02. The van der Waals surface area contributed by atoms with Crippen molar-refractivity contribution in [1.82, 2.24) is 5.32 Å². The van der Waals surface area contributed by atoms with Crippen LogP contribution in [0.4, 0.5) is 0 Å². The van der Waals surface area contributed by atoms with Gasteiger partial charge in [-0.05, 0) is 30.7 Å². The number of piperidine rings is 1. The maximum absolute atomic E-state index is 9.22. The molecule has 90 valence electrons. The van der Waals surface area contributed by atoms with Crippen molar-refractivity contribution in [3.63, 3.8) is 0 Å². The van der Waals surface area contributed by atoms with Gasteiger partial charge in [-0.3, -0.25) is 0 Å². The van der Waals surface area contributed by atoms with Crippen molar-refractivity contribution in [2.24, 2.45) is 4.99 Å².